The molecule has 0 unspecified atom stereocenters. The van der Waals surface area contributed by atoms with E-state index in [-0.39, 0.29) is 11.7 Å². The number of ether oxygens (including phenoxy) is 1. The molecule has 0 atom stereocenters. The van der Waals surface area contributed by atoms with Gasteiger partial charge in [0.15, 0.2) is 5.78 Å². The largest absolute Gasteiger partial charge is 0.465 e. The van der Waals surface area contributed by atoms with Crippen molar-refractivity contribution in [2.75, 3.05) is 7.11 Å². The molecule has 1 aromatic heterocycles. The van der Waals surface area contributed by atoms with Crippen LogP contribution in [0.15, 0.2) is 12.3 Å². The summed E-state index contributed by atoms with van der Waals surface area (Å²) >= 11 is 0. The first-order valence-corrected chi connectivity index (χ1v) is 6.53. The maximum absolute atomic E-state index is 12.3. The van der Waals surface area contributed by atoms with Gasteiger partial charge in [-0.15, -0.1) is 0 Å². The first-order chi connectivity index (χ1) is 8.72. The minimum atomic E-state index is -0.411. The molecule has 1 saturated carbocycles. The third kappa shape index (κ3) is 2.81. The van der Waals surface area contributed by atoms with Crippen LogP contribution in [0.5, 0.6) is 0 Å². The highest BCUT2D eigenvalue weighted by molar-refractivity contribution is 5.99. The number of ketones is 1. The molecule has 0 radical (unpaired) electrons. The summed E-state index contributed by atoms with van der Waals surface area (Å²) < 4.78 is 4.62. The van der Waals surface area contributed by atoms with Crippen molar-refractivity contribution < 1.29 is 14.3 Å². The number of carbonyl (C=O) groups is 2. The Balaban J connectivity index is 2.08. The van der Waals surface area contributed by atoms with Crippen LogP contribution in [0.4, 0.5) is 0 Å². The molecule has 1 aliphatic carbocycles. The van der Waals surface area contributed by atoms with Gasteiger partial charge in [0.1, 0.15) is 0 Å². The molecule has 1 fully saturated rings. The highest BCUT2D eigenvalue weighted by atomic mass is 16.5. The van der Waals surface area contributed by atoms with Crippen LogP contribution < -0.4 is 0 Å². The number of aromatic nitrogens is 1. The van der Waals surface area contributed by atoms with Crippen LogP contribution in [0.2, 0.25) is 0 Å². The molecule has 4 heteroatoms. The number of nitrogens with one attached hydrogen (secondary N) is 1. The van der Waals surface area contributed by atoms with Gasteiger partial charge in [-0.2, -0.15) is 0 Å². The van der Waals surface area contributed by atoms with Crippen molar-refractivity contribution in [3.05, 3.63) is 23.5 Å². The summed E-state index contributed by atoms with van der Waals surface area (Å²) in [6.07, 6.45) is 8.17. The lowest BCUT2D eigenvalue weighted by molar-refractivity contribution is 0.0601. The fraction of sp³-hybridized carbons (Fsp3) is 0.571. The van der Waals surface area contributed by atoms with E-state index in [0.717, 1.165) is 25.7 Å². The summed E-state index contributed by atoms with van der Waals surface area (Å²) in [5.74, 6) is -0.171. The second kappa shape index (κ2) is 5.85. The number of rotatable bonds is 3. The van der Waals surface area contributed by atoms with Crippen molar-refractivity contribution in [2.24, 2.45) is 5.92 Å². The quantitative estimate of drug-likeness (QED) is 0.509. The molecule has 1 aromatic rings. The number of hydrogen-bond donors (Lipinski definition) is 1. The molecular weight excluding hydrogens is 230 g/mol. The van der Waals surface area contributed by atoms with Gasteiger partial charge in [-0.05, 0) is 18.9 Å². The molecule has 1 aliphatic rings. The summed E-state index contributed by atoms with van der Waals surface area (Å²) in [5.41, 5.74) is 0.941. The summed E-state index contributed by atoms with van der Waals surface area (Å²) in [5, 5.41) is 0. The van der Waals surface area contributed by atoms with Crippen LogP contribution in [0.25, 0.3) is 0 Å². The topological polar surface area (TPSA) is 59.2 Å². The van der Waals surface area contributed by atoms with Gasteiger partial charge in [-0.25, -0.2) is 4.79 Å². The lowest BCUT2D eigenvalue weighted by Gasteiger charge is -2.10. The second-order valence-corrected chi connectivity index (χ2v) is 4.85. The van der Waals surface area contributed by atoms with Gasteiger partial charge in [0, 0.05) is 12.1 Å². The summed E-state index contributed by atoms with van der Waals surface area (Å²) in [6.45, 7) is 0. The Kier molecular flexibility index (Phi) is 4.18. The van der Waals surface area contributed by atoms with Crippen molar-refractivity contribution in [1.82, 2.24) is 4.98 Å². The highest BCUT2D eigenvalue weighted by Gasteiger charge is 2.23. The number of aromatic amines is 1. The molecule has 18 heavy (non-hydrogen) atoms. The highest BCUT2D eigenvalue weighted by Crippen LogP contribution is 2.26. The third-order valence-electron chi connectivity index (χ3n) is 3.60. The fourth-order valence-corrected chi connectivity index (χ4v) is 2.53. The van der Waals surface area contributed by atoms with Gasteiger partial charge in [0.2, 0.25) is 0 Å². The molecule has 0 aliphatic heterocycles. The fourth-order valence-electron chi connectivity index (χ4n) is 2.53. The van der Waals surface area contributed by atoms with Crippen LogP contribution in [-0.2, 0) is 4.74 Å². The summed E-state index contributed by atoms with van der Waals surface area (Å²) in [6, 6.07) is 1.60. The van der Waals surface area contributed by atoms with Crippen molar-refractivity contribution in [3.8, 4) is 0 Å². The minimum absolute atomic E-state index is 0.108. The Morgan fingerprint density at radius 1 is 1.22 bits per heavy atom. The van der Waals surface area contributed by atoms with Crippen LogP contribution in [-0.4, -0.2) is 23.8 Å². The summed E-state index contributed by atoms with van der Waals surface area (Å²) in [4.78, 5) is 26.5. The van der Waals surface area contributed by atoms with Crippen LogP contribution in [0, 0.1) is 5.92 Å². The van der Waals surface area contributed by atoms with E-state index in [1.54, 1.807) is 6.07 Å². The zero-order chi connectivity index (χ0) is 13.0. The lowest BCUT2D eigenvalue weighted by atomic mass is 9.93. The number of H-pyrrole nitrogens is 1. The molecule has 0 saturated heterocycles. The molecule has 1 N–H and O–H groups in total. The van der Waals surface area contributed by atoms with E-state index in [4.69, 9.17) is 0 Å². The predicted octanol–water partition coefficient (Wildman–Crippen LogP) is 2.95. The van der Waals surface area contributed by atoms with E-state index >= 15 is 0 Å². The molecule has 98 valence electrons. The zero-order valence-corrected chi connectivity index (χ0v) is 10.7. The monoisotopic (exact) mass is 249 g/mol. The van der Waals surface area contributed by atoms with E-state index in [0.29, 0.717) is 11.3 Å². The van der Waals surface area contributed by atoms with Crippen LogP contribution in [0.3, 0.4) is 0 Å². The van der Waals surface area contributed by atoms with Crippen molar-refractivity contribution in [3.63, 3.8) is 0 Å². The second-order valence-electron chi connectivity index (χ2n) is 4.85. The van der Waals surface area contributed by atoms with Gasteiger partial charge in [0.05, 0.1) is 18.4 Å². The SMILES string of the molecule is COC(=O)c1c[nH]c(C(=O)C2CCCCCC2)c1. The Labute approximate surface area is 107 Å². The van der Waals surface area contributed by atoms with Crippen LogP contribution in [0.1, 0.15) is 59.4 Å². The van der Waals surface area contributed by atoms with Crippen molar-refractivity contribution >= 4 is 11.8 Å². The Morgan fingerprint density at radius 3 is 2.50 bits per heavy atom. The molecule has 0 amide bonds. The lowest BCUT2D eigenvalue weighted by Crippen LogP contribution is -2.14. The molecule has 2 rings (SSSR count). The van der Waals surface area contributed by atoms with Gasteiger partial charge >= 0.3 is 5.97 Å². The van der Waals surface area contributed by atoms with E-state index < -0.39 is 5.97 Å². The maximum Gasteiger partial charge on any atom is 0.339 e. The van der Waals surface area contributed by atoms with Gasteiger partial charge < -0.3 is 9.72 Å². The number of Topliss-reactive ketones (excluding diaryl/α,β-unsaturated/α-hetero) is 1. The van der Waals surface area contributed by atoms with Gasteiger partial charge in [-0.1, -0.05) is 25.7 Å². The molecule has 0 bridgehead atoms. The molecule has 1 heterocycles. The summed E-state index contributed by atoms with van der Waals surface area (Å²) in [7, 11) is 1.34. The Hall–Kier alpha value is -1.58. The molecular formula is C14H19NO3. The normalized spacial score (nSPS) is 17.2. The van der Waals surface area contributed by atoms with E-state index in [2.05, 4.69) is 9.72 Å². The number of esters is 1. The average Bonchev–Trinajstić information content (AvgIpc) is 2.72. The Morgan fingerprint density at radius 2 is 1.89 bits per heavy atom. The number of methoxy groups -OCH3 is 1. The molecule has 4 nitrogen and oxygen atoms in total. The van der Waals surface area contributed by atoms with Gasteiger partial charge in [-0.3, -0.25) is 4.79 Å². The van der Waals surface area contributed by atoms with Gasteiger partial charge in [0.25, 0.3) is 0 Å². The smallest absolute Gasteiger partial charge is 0.339 e. The van der Waals surface area contributed by atoms with Crippen LogP contribution >= 0.6 is 0 Å². The maximum atomic E-state index is 12.3. The average molecular weight is 249 g/mol. The van der Waals surface area contributed by atoms with E-state index in [1.165, 1.54) is 26.1 Å². The first-order valence-electron chi connectivity index (χ1n) is 6.53. The van der Waals surface area contributed by atoms with Crippen molar-refractivity contribution in [1.29, 1.82) is 0 Å². The number of carbonyl (C=O) groups excluding carboxylic acids is 2. The zero-order valence-electron chi connectivity index (χ0n) is 10.7. The molecule has 0 spiro atoms. The third-order valence-corrected chi connectivity index (χ3v) is 3.60. The van der Waals surface area contributed by atoms with E-state index in [1.807, 2.05) is 0 Å². The van der Waals surface area contributed by atoms with E-state index in [9.17, 15) is 9.59 Å². The molecule has 0 aromatic carbocycles. The minimum Gasteiger partial charge on any atom is -0.465 e. The first kappa shape index (κ1) is 12.9. The standard InChI is InChI=1S/C14H19NO3/c1-18-14(17)11-8-12(15-9-11)13(16)10-6-4-2-3-5-7-10/h8-10,15H,2-7H2,1H3. The predicted molar refractivity (Wildman–Crippen MR) is 67.7 cm³/mol. The Bertz CT molecular complexity index is 428. The van der Waals surface area contributed by atoms with Crippen molar-refractivity contribution in [2.45, 2.75) is 38.5 Å². The number of hydrogen-bond acceptors (Lipinski definition) is 3.